The number of ether oxygens (including phenoxy) is 1. The number of hydrogen-bond donors (Lipinski definition) is 2. The van der Waals surface area contributed by atoms with E-state index in [0.29, 0.717) is 5.75 Å². The van der Waals surface area contributed by atoms with E-state index in [1.807, 2.05) is 26.2 Å². The monoisotopic (exact) mass is 329 g/mol. The number of hydrogen-bond acceptors (Lipinski definition) is 4. The molecule has 1 saturated carbocycles. The molecular formula is C18H23N3O3. The van der Waals surface area contributed by atoms with Crippen molar-refractivity contribution < 1.29 is 14.6 Å². The van der Waals surface area contributed by atoms with Crippen molar-refractivity contribution in [1.29, 1.82) is 0 Å². The summed E-state index contributed by atoms with van der Waals surface area (Å²) in [4.78, 5) is 15.9. The van der Waals surface area contributed by atoms with Gasteiger partial charge in [-0.25, -0.2) is 9.78 Å². The van der Waals surface area contributed by atoms with E-state index in [9.17, 15) is 4.79 Å². The first kappa shape index (κ1) is 16.5. The Balaban J connectivity index is 2.18. The van der Waals surface area contributed by atoms with Gasteiger partial charge in [-0.05, 0) is 45.4 Å². The second-order valence-corrected chi connectivity index (χ2v) is 6.40. The highest BCUT2D eigenvalue weighted by Gasteiger charge is 2.41. The van der Waals surface area contributed by atoms with Crippen molar-refractivity contribution in [3.8, 4) is 5.75 Å². The maximum absolute atomic E-state index is 11.1. The lowest BCUT2D eigenvalue weighted by atomic mass is 9.76. The van der Waals surface area contributed by atoms with Crippen LogP contribution in [0.3, 0.4) is 0 Å². The number of rotatable bonds is 5. The van der Waals surface area contributed by atoms with Crippen LogP contribution in [0.2, 0.25) is 0 Å². The molecule has 2 N–H and O–H groups in total. The summed E-state index contributed by atoms with van der Waals surface area (Å²) in [5.41, 5.74) is 2.77. The normalized spacial score (nSPS) is 16.9. The average molecular weight is 329 g/mol. The van der Waals surface area contributed by atoms with Crippen LogP contribution >= 0.6 is 0 Å². The van der Waals surface area contributed by atoms with Gasteiger partial charge >= 0.3 is 5.97 Å². The molecule has 0 unspecified atom stereocenters. The van der Waals surface area contributed by atoms with E-state index < -0.39 is 5.97 Å². The molecule has 0 atom stereocenters. The fourth-order valence-electron chi connectivity index (χ4n) is 3.36. The van der Waals surface area contributed by atoms with Crippen molar-refractivity contribution in [1.82, 2.24) is 14.9 Å². The molecule has 0 bridgehead atoms. The zero-order chi connectivity index (χ0) is 17.5. The molecule has 0 aliphatic heterocycles. The molecule has 1 aromatic carbocycles. The van der Waals surface area contributed by atoms with Gasteiger partial charge in [0.1, 0.15) is 11.6 Å². The predicted octanol–water partition coefficient (Wildman–Crippen LogP) is 2.67. The van der Waals surface area contributed by atoms with Crippen molar-refractivity contribution in [2.75, 3.05) is 14.2 Å². The van der Waals surface area contributed by atoms with Crippen LogP contribution in [-0.4, -0.2) is 34.8 Å². The van der Waals surface area contributed by atoms with Crippen molar-refractivity contribution in [2.24, 2.45) is 7.05 Å². The minimum absolute atomic E-state index is 0.0615. The molecule has 2 aromatic rings. The zero-order valence-corrected chi connectivity index (χ0v) is 14.5. The fourth-order valence-corrected chi connectivity index (χ4v) is 3.36. The second kappa shape index (κ2) is 5.94. The molecule has 0 spiro atoms. The van der Waals surface area contributed by atoms with Gasteiger partial charge in [0.25, 0.3) is 0 Å². The maximum Gasteiger partial charge on any atom is 0.331 e. The molecule has 0 saturated heterocycles. The third kappa shape index (κ3) is 2.47. The average Bonchev–Trinajstić information content (AvgIpc) is 2.83. The second-order valence-electron chi connectivity index (χ2n) is 6.40. The Morgan fingerprint density at radius 2 is 2.17 bits per heavy atom. The van der Waals surface area contributed by atoms with E-state index >= 15 is 0 Å². The van der Waals surface area contributed by atoms with E-state index in [1.165, 1.54) is 6.42 Å². The summed E-state index contributed by atoms with van der Waals surface area (Å²) < 4.78 is 7.53. The third-order valence-electron chi connectivity index (χ3n) is 5.06. The Bertz CT molecular complexity index is 826. The number of aryl methyl sites for hydroxylation is 1. The molecule has 1 fully saturated rings. The fraction of sp³-hybridized carbons (Fsp3) is 0.444. The first-order valence-corrected chi connectivity index (χ1v) is 8.07. The predicted molar refractivity (Wildman–Crippen MR) is 93.1 cm³/mol. The number of benzene rings is 1. The minimum Gasteiger partial charge on any atom is -0.496 e. The molecule has 128 valence electrons. The molecule has 0 amide bonds. The highest BCUT2D eigenvalue weighted by molar-refractivity contribution is 5.93. The van der Waals surface area contributed by atoms with Crippen LogP contribution in [0.25, 0.3) is 17.1 Å². The van der Waals surface area contributed by atoms with Crippen molar-refractivity contribution in [2.45, 2.75) is 31.7 Å². The van der Waals surface area contributed by atoms with Crippen LogP contribution in [0, 0.1) is 0 Å². The minimum atomic E-state index is -0.938. The third-order valence-corrected chi connectivity index (χ3v) is 5.06. The van der Waals surface area contributed by atoms with Crippen LogP contribution in [-0.2, 0) is 17.4 Å². The van der Waals surface area contributed by atoms with Gasteiger partial charge in [0.15, 0.2) is 0 Å². The topological polar surface area (TPSA) is 76.4 Å². The van der Waals surface area contributed by atoms with Gasteiger partial charge in [0, 0.05) is 24.3 Å². The summed E-state index contributed by atoms with van der Waals surface area (Å²) in [6.07, 6.45) is 4.97. The van der Waals surface area contributed by atoms with Gasteiger partial charge < -0.3 is 19.7 Å². The molecule has 1 aliphatic rings. The largest absolute Gasteiger partial charge is 0.496 e. The lowest BCUT2D eigenvalue weighted by Gasteiger charge is -2.40. The van der Waals surface area contributed by atoms with Crippen molar-refractivity contribution in [3.63, 3.8) is 0 Å². The standard InChI is InChI=1S/C18H23N3O3/c1-11(16(22)23)8-12-9-14-13(10-15(12)24-4)20-17(21(14)3)18(19-2)6-5-7-18/h8-10,19H,5-7H2,1-4H3,(H,22,23)/b11-8+. The van der Waals surface area contributed by atoms with Gasteiger partial charge in [-0.2, -0.15) is 0 Å². The van der Waals surface area contributed by atoms with Gasteiger partial charge in [-0.3, -0.25) is 0 Å². The highest BCUT2D eigenvalue weighted by Crippen LogP contribution is 2.41. The Hall–Kier alpha value is -2.34. The van der Waals surface area contributed by atoms with Gasteiger partial charge in [-0.1, -0.05) is 0 Å². The molecule has 1 aliphatic carbocycles. The first-order chi connectivity index (χ1) is 11.4. The number of carboxylic acid groups (broad SMARTS) is 1. The maximum atomic E-state index is 11.1. The first-order valence-electron chi connectivity index (χ1n) is 8.07. The lowest BCUT2D eigenvalue weighted by Crippen LogP contribution is -2.47. The van der Waals surface area contributed by atoms with E-state index in [1.54, 1.807) is 20.1 Å². The Morgan fingerprint density at radius 1 is 1.46 bits per heavy atom. The molecule has 1 heterocycles. The summed E-state index contributed by atoms with van der Waals surface area (Å²) in [5, 5.41) is 12.5. The Labute approximate surface area is 141 Å². The number of methoxy groups -OCH3 is 1. The number of aliphatic carboxylic acids is 1. The van der Waals surface area contributed by atoms with Crippen LogP contribution in [0.1, 0.15) is 37.6 Å². The Kier molecular flexibility index (Phi) is 4.09. The molecule has 6 nitrogen and oxygen atoms in total. The lowest BCUT2D eigenvalue weighted by molar-refractivity contribution is -0.132. The molecule has 1 aromatic heterocycles. The van der Waals surface area contributed by atoms with E-state index in [2.05, 4.69) is 9.88 Å². The van der Waals surface area contributed by atoms with Crippen LogP contribution in [0.5, 0.6) is 5.75 Å². The molecule has 3 rings (SSSR count). The summed E-state index contributed by atoms with van der Waals surface area (Å²) in [6.45, 7) is 1.57. The summed E-state index contributed by atoms with van der Waals surface area (Å²) >= 11 is 0. The van der Waals surface area contributed by atoms with E-state index in [4.69, 9.17) is 14.8 Å². The smallest absolute Gasteiger partial charge is 0.331 e. The zero-order valence-electron chi connectivity index (χ0n) is 14.5. The summed E-state index contributed by atoms with van der Waals surface area (Å²) in [6, 6.07) is 3.82. The van der Waals surface area contributed by atoms with E-state index in [0.717, 1.165) is 35.3 Å². The SMILES string of the molecule is CNC1(c2nc3cc(OC)c(/C=C(\C)C(=O)O)cc3n2C)CCC1. The summed E-state index contributed by atoms with van der Waals surface area (Å²) in [7, 11) is 5.56. The number of imidazole rings is 1. The number of fused-ring (bicyclic) bond motifs is 1. The van der Waals surface area contributed by atoms with Crippen LogP contribution in [0.15, 0.2) is 17.7 Å². The number of carboxylic acids is 1. The number of nitrogens with one attached hydrogen (secondary N) is 1. The van der Waals surface area contributed by atoms with Gasteiger partial charge in [0.2, 0.25) is 0 Å². The molecular weight excluding hydrogens is 306 g/mol. The van der Waals surface area contributed by atoms with Gasteiger partial charge in [-0.15, -0.1) is 0 Å². The number of nitrogens with zero attached hydrogens (tertiary/aromatic N) is 2. The molecule has 24 heavy (non-hydrogen) atoms. The molecule has 0 radical (unpaired) electrons. The van der Waals surface area contributed by atoms with E-state index in [-0.39, 0.29) is 11.1 Å². The summed E-state index contributed by atoms with van der Waals surface area (Å²) in [5.74, 6) is 0.704. The number of aromatic nitrogens is 2. The Morgan fingerprint density at radius 3 is 2.67 bits per heavy atom. The number of carbonyl (C=O) groups is 1. The van der Waals surface area contributed by atoms with Crippen LogP contribution in [0.4, 0.5) is 0 Å². The van der Waals surface area contributed by atoms with Crippen molar-refractivity contribution in [3.05, 3.63) is 29.1 Å². The van der Waals surface area contributed by atoms with Gasteiger partial charge in [0.05, 0.1) is 23.7 Å². The molecule has 6 heteroatoms. The quantitative estimate of drug-likeness (QED) is 0.825. The van der Waals surface area contributed by atoms with Crippen LogP contribution < -0.4 is 10.1 Å². The van der Waals surface area contributed by atoms with Crippen molar-refractivity contribution >= 4 is 23.1 Å². The highest BCUT2D eigenvalue weighted by atomic mass is 16.5.